The lowest BCUT2D eigenvalue weighted by atomic mass is 9.96. The molecule has 1 aromatic carbocycles. The highest BCUT2D eigenvalue weighted by molar-refractivity contribution is 9.18. The molecule has 1 amide bonds. The van der Waals surface area contributed by atoms with Crippen molar-refractivity contribution in [3.8, 4) is 5.75 Å². The van der Waals surface area contributed by atoms with Crippen LogP contribution in [-0.4, -0.2) is 30.4 Å². The summed E-state index contributed by atoms with van der Waals surface area (Å²) in [4.78, 5) is 12.7. The van der Waals surface area contributed by atoms with Gasteiger partial charge in [-0.1, -0.05) is 6.07 Å². The van der Waals surface area contributed by atoms with Gasteiger partial charge in [-0.2, -0.15) is 0 Å². The Kier molecular flexibility index (Phi) is 5.20. The summed E-state index contributed by atoms with van der Waals surface area (Å²) in [6.07, 6.45) is 0.853. The highest BCUT2D eigenvalue weighted by atomic mass is 79.9. The van der Waals surface area contributed by atoms with Crippen LogP contribution in [0.4, 0.5) is 4.79 Å². The minimum Gasteiger partial charge on any atom is -0.496 e. The van der Waals surface area contributed by atoms with Crippen LogP contribution in [0.15, 0.2) is 6.07 Å². The van der Waals surface area contributed by atoms with E-state index in [9.17, 15) is 4.79 Å². The van der Waals surface area contributed by atoms with E-state index in [2.05, 4.69) is 35.8 Å². The molecule has 1 rings (SSSR count). The molecular weight excluding hydrogens is 294 g/mol. The fraction of sp³-hybridized carbons (Fsp3) is 0.500. The molecule has 0 aliphatic rings. The maximum Gasteiger partial charge on any atom is 0.289 e. The van der Waals surface area contributed by atoms with E-state index >= 15 is 0 Å². The molecule has 1 aromatic rings. The Bertz CT molecular complexity index is 458. The number of benzene rings is 1. The van der Waals surface area contributed by atoms with Crippen molar-refractivity contribution in [2.45, 2.75) is 27.2 Å². The molecular formula is C14H20BrNO2. The van der Waals surface area contributed by atoms with Crippen LogP contribution in [0.2, 0.25) is 0 Å². The van der Waals surface area contributed by atoms with Crippen LogP contribution in [0.5, 0.6) is 5.75 Å². The van der Waals surface area contributed by atoms with Crippen molar-refractivity contribution in [3.05, 3.63) is 28.3 Å². The fourth-order valence-electron chi connectivity index (χ4n) is 2.09. The van der Waals surface area contributed by atoms with Crippen molar-refractivity contribution < 1.29 is 9.53 Å². The SMILES string of the molecule is COc1c(C)cc(CCN(C)C(=O)Br)c(C)c1C. The van der Waals surface area contributed by atoms with E-state index < -0.39 is 0 Å². The first kappa shape index (κ1) is 15.0. The highest BCUT2D eigenvalue weighted by Crippen LogP contribution is 2.28. The second-order valence-electron chi connectivity index (χ2n) is 4.56. The average Bonchev–Trinajstić information content (AvgIpc) is 2.32. The number of hydrogen-bond acceptors (Lipinski definition) is 2. The van der Waals surface area contributed by atoms with Gasteiger partial charge >= 0.3 is 0 Å². The van der Waals surface area contributed by atoms with Gasteiger partial charge in [-0.15, -0.1) is 0 Å². The Morgan fingerprint density at radius 1 is 1.33 bits per heavy atom. The van der Waals surface area contributed by atoms with Gasteiger partial charge in [0.25, 0.3) is 4.82 Å². The summed E-state index contributed by atoms with van der Waals surface area (Å²) in [6, 6.07) is 2.15. The van der Waals surface area contributed by atoms with Crippen LogP contribution in [0.1, 0.15) is 22.3 Å². The minimum absolute atomic E-state index is 0.0814. The fourth-order valence-corrected chi connectivity index (χ4v) is 2.27. The second-order valence-corrected chi connectivity index (χ2v) is 5.24. The van der Waals surface area contributed by atoms with Gasteiger partial charge in [0.05, 0.1) is 7.11 Å². The number of rotatable bonds is 4. The van der Waals surface area contributed by atoms with Gasteiger partial charge in [0.1, 0.15) is 5.75 Å². The van der Waals surface area contributed by atoms with Crippen LogP contribution >= 0.6 is 15.9 Å². The molecule has 0 spiro atoms. The second kappa shape index (κ2) is 6.23. The van der Waals surface area contributed by atoms with Crippen LogP contribution in [-0.2, 0) is 6.42 Å². The molecule has 0 fully saturated rings. The van der Waals surface area contributed by atoms with E-state index in [1.54, 1.807) is 19.1 Å². The predicted molar refractivity (Wildman–Crippen MR) is 77.9 cm³/mol. The van der Waals surface area contributed by atoms with E-state index in [1.165, 1.54) is 16.7 Å². The third-order valence-corrected chi connectivity index (χ3v) is 3.96. The molecule has 18 heavy (non-hydrogen) atoms. The number of amides is 1. The topological polar surface area (TPSA) is 29.5 Å². The summed E-state index contributed by atoms with van der Waals surface area (Å²) < 4.78 is 5.40. The lowest BCUT2D eigenvalue weighted by Gasteiger charge is -2.18. The van der Waals surface area contributed by atoms with E-state index in [0.717, 1.165) is 17.7 Å². The van der Waals surface area contributed by atoms with Crippen molar-refractivity contribution in [1.29, 1.82) is 0 Å². The Labute approximate surface area is 117 Å². The number of likely N-dealkylation sites (N-methyl/N-ethyl adjacent to an activating group) is 1. The third kappa shape index (κ3) is 3.25. The number of carbonyl (C=O) groups excluding carboxylic acids is 1. The zero-order valence-corrected chi connectivity index (χ0v) is 13.2. The number of hydrogen-bond donors (Lipinski definition) is 0. The highest BCUT2D eigenvalue weighted by Gasteiger charge is 2.11. The smallest absolute Gasteiger partial charge is 0.289 e. The van der Waals surface area contributed by atoms with E-state index in [-0.39, 0.29) is 4.82 Å². The molecule has 3 nitrogen and oxygen atoms in total. The Morgan fingerprint density at radius 2 is 1.94 bits per heavy atom. The first-order valence-corrected chi connectivity index (χ1v) is 6.72. The summed E-state index contributed by atoms with van der Waals surface area (Å²) >= 11 is 2.95. The predicted octanol–water partition coefficient (Wildman–Crippen LogP) is 3.61. The quantitative estimate of drug-likeness (QED) is 0.627. The van der Waals surface area contributed by atoms with Crippen molar-refractivity contribution in [1.82, 2.24) is 4.90 Å². The van der Waals surface area contributed by atoms with Crippen molar-refractivity contribution >= 4 is 20.7 Å². The molecule has 100 valence electrons. The Hall–Kier alpha value is -1.03. The van der Waals surface area contributed by atoms with Gasteiger partial charge in [-0.05, 0) is 49.4 Å². The summed E-state index contributed by atoms with van der Waals surface area (Å²) in [5.41, 5.74) is 4.84. The van der Waals surface area contributed by atoms with Crippen LogP contribution in [0.25, 0.3) is 0 Å². The summed E-state index contributed by atoms with van der Waals surface area (Å²) in [7, 11) is 3.49. The lowest BCUT2D eigenvalue weighted by Crippen LogP contribution is -2.23. The number of methoxy groups -OCH3 is 1. The van der Waals surface area contributed by atoms with Gasteiger partial charge in [-0.25, -0.2) is 0 Å². The van der Waals surface area contributed by atoms with Crippen molar-refractivity contribution in [2.75, 3.05) is 20.7 Å². The van der Waals surface area contributed by atoms with E-state index in [4.69, 9.17) is 4.74 Å². The molecule has 0 heterocycles. The number of halogens is 1. The van der Waals surface area contributed by atoms with Gasteiger partial charge in [0.2, 0.25) is 0 Å². The summed E-state index contributed by atoms with van der Waals surface area (Å²) in [6.45, 7) is 6.93. The zero-order valence-electron chi connectivity index (χ0n) is 11.6. The number of ether oxygens (including phenoxy) is 1. The minimum atomic E-state index is -0.0814. The molecule has 0 bridgehead atoms. The molecule has 0 radical (unpaired) electrons. The van der Waals surface area contributed by atoms with Gasteiger partial charge in [-0.3, -0.25) is 4.79 Å². The normalized spacial score (nSPS) is 10.3. The van der Waals surface area contributed by atoms with Crippen molar-refractivity contribution in [2.24, 2.45) is 0 Å². The molecule has 0 aliphatic carbocycles. The third-order valence-electron chi connectivity index (χ3n) is 3.35. The van der Waals surface area contributed by atoms with Gasteiger partial charge in [0, 0.05) is 29.5 Å². The molecule has 0 aliphatic heterocycles. The number of carbonyl (C=O) groups is 1. The molecule has 0 saturated carbocycles. The summed E-state index contributed by atoms with van der Waals surface area (Å²) in [5, 5.41) is 0. The first-order chi connectivity index (χ1) is 8.38. The average molecular weight is 314 g/mol. The molecule has 0 saturated heterocycles. The lowest BCUT2D eigenvalue weighted by molar-refractivity contribution is 0.235. The van der Waals surface area contributed by atoms with Crippen LogP contribution in [0.3, 0.4) is 0 Å². The maximum atomic E-state index is 11.1. The monoisotopic (exact) mass is 313 g/mol. The van der Waals surface area contributed by atoms with Crippen LogP contribution in [0, 0.1) is 20.8 Å². The van der Waals surface area contributed by atoms with Crippen LogP contribution < -0.4 is 4.74 Å². The Morgan fingerprint density at radius 3 is 2.44 bits per heavy atom. The van der Waals surface area contributed by atoms with E-state index in [1.807, 2.05) is 6.92 Å². The first-order valence-electron chi connectivity index (χ1n) is 5.92. The molecule has 4 heteroatoms. The van der Waals surface area contributed by atoms with Gasteiger partial charge < -0.3 is 9.64 Å². The van der Waals surface area contributed by atoms with Crippen molar-refractivity contribution in [3.63, 3.8) is 0 Å². The number of nitrogens with zero attached hydrogens (tertiary/aromatic N) is 1. The number of aryl methyl sites for hydroxylation is 1. The molecule has 0 N–H and O–H groups in total. The zero-order chi connectivity index (χ0) is 13.9. The standard InChI is InChI=1S/C14H20BrNO2/c1-9-8-12(6-7-16(4)14(15)17)10(2)11(3)13(9)18-5/h8H,6-7H2,1-5H3. The molecule has 0 unspecified atom stereocenters. The summed E-state index contributed by atoms with van der Waals surface area (Å²) in [5.74, 6) is 0.959. The Balaban J connectivity index is 2.94. The maximum absolute atomic E-state index is 11.1. The molecule has 0 atom stereocenters. The molecule has 0 aromatic heterocycles. The van der Waals surface area contributed by atoms with E-state index in [0.29, 0.717) is 6.54 Å². The largest absolute Gasteiger partial charge is 0.496 e. The van der Waals surface area contributed by atoms with Gasteiger partial charge in [0.15, 0.2) is 0 Å².